The summed E-state index contributed by atoms with van der Waals surface area (Å²) < 4.78 is 34.0. The van der Waals surface area contributed by atoms with Gasteiger partial charge in [-0.25, -0.2) is 4.79 Å². The molecule has 0 aromatic heterocycles. The average Bonchev–Trinajstić information content (AvgIpc) is 3.12. The number of benzene rings is 3. The van der Waals surface area contributed by atoms with E-state index in [-0.39, 0.29) is 11.9 Å². The molecule has 3 aromatic rings. The molecule has 1 fully saturated rings. The van der Waals surface area contributed by atoms with Crippen LogP contribution >= 0.6 is 0 Å². The molecule has 0 aliphatic carbocycles. The smallest absolute Gasteiger partial charge is 0.329 e. The Morgan fingerprint density at radius 3 is 2.04 bits per heavy atom. The number of esters is 1. The van der Waals surface area contributed by atoms with Crippen molar-refractivity contribution in [1.29, 1.82) is 0 Å². The van der Waals surface area contributed by atoms with Gasteiger partial charge in [-0.3, -0.25) is 4.79 Å². The number of methoxy groups -OCH3 is 5. The number of hydrogen-bond acceptors (Lipinski definition) is 8. The van der Waals surface area contributed by atoms with Crippen LogP contribution < -0.4 is 23.7 Å². The maximum atomic E-state index is 14.3. The quantitative estimate of drug-likeness (QED) is 0.154. The number of carbonyl (C=O) groups excluding carboxylic acids is 2. The number of aryl methyl sites for hydroxylation is 1. The molecule has 1 amide bonds. The number of ether oxygens (including phenoxy) is 6. The molecule has 0 radical (unpaired) electrons. The van der Waals surface area contributed by atoms with Gasteiger partial charge in [-0.15, -0.1) is 0 Å². The van der Waals surface area contributed by atoms with Crippen LogP contribution in [0.2, 0.25) is 0 Å². The molecular formula is C39H51NO8. The van der Waals surface area contributed by atoms with E-state index in [0.29, 0.717) is 66.9 Å². The first-order valence-corrected chi connectivity index (χ1v) is 16.8. The van der Waals surface area contributed by atoms with E-state index in [1.807, 2.05) is 49.4 Å². The van der Waals surface area contributed by atoms with Gasteiger partial charge in [-0.05, 0) is 91.0 Å². The Kier molecular flexibility index (Phi) is 13.0. The fraction of sp³-hybridized carbons (Fsp3) is 0.487. The van der Waals surface area contributed by atoms with Crippen molar-refractivity contribution in [2.24, 2.45) is 0 Å². The van der Waals surface area contributed by atoms with E-state index in [0.717, 1.165) is 29.5 Å². The monoisotopic (exact) mass is 661 g/mol. The number of piperidine rings is 1. The fourth-order valence-corrected chi connectivity index (χ4v) is 6.46. The van der Waals surface area contributed by atoms with E-state index in [9.17, 15) is 9.59 Å². The molecule has 0 bridgehead atoms. The third-order valence-electron chi connectivity index (χ3n) is 9.20. The van der Waals surface area contributed by atoms with Crippen LogP contribution in [0.1, 0.15) is 93.1 Å². The summed E-state index contributed by atoms with van der Waals surface area (Å²) in [5.41, 5.74) is 3.89. The van der Waals surface area contributed by atoms with Gasteiger partial charge in [-0.1, -0.05) is 51.1 Å². The second kappa shape index (κ2) is 17.1. The summed E-state index contributed by atoms with van der Waals surface area (Å²) in [6.45, 7) is 6.74. The summed E-state index contributed by atoms with van der Waals surface area (Å²) in [6, 6.07) is 17.0. The van der Waals surface area contributed by atoms with Crippen LogP contribution in [0.5, 0.6) is 28.7 Å². The largest absolute Gasteiger partial charge is 0.493 e. The Morgan fingerprint density at radius 1 is 0.771 bits per heavy atom. The predicted octanol–water partition coefficient (Wildman–Crippen LogP) is 7.65. The van der Waals surface area contributed by atoms with Crippen molar-refractivity contribution in [3.63, 3.8) is 0 Å². The van der Waals surface area contributed by atoms with Crippen molar-refractivity contribution in [1.82, 2.24) is 4.90 Å². The highest BCUT2D eigenvalue weighted by molar-refractivity contribution is 5.89. The van der Waals surface area contributed by atoms with Crippen LogP contribution in [-0.2, 0) is 20.7 Å². The van der Waals surface area contributed by atoms with E-state index in [4.69, 9.17) is 28.4 Å². The van der Waals surface area contributed by atoms with Crippen LogP contribution in [0, 0.1) is 0 Å². The molecule has 0 unspecified atom stereocenters. The van der Waals surface area contributed by atoms with Gasteiger partial charge in [0, 0.05) is 6.54 Å². The molecule has 9 nitrogen and oxygen atoms in total. The van der Waals surface area contributed by atoms with Crippen molar-refractivity contribution in [3.8, 4) is 28.7 Å². The highest BCUT2D eigenvalue weighted by Gasteiger charge is 2.38. The summed E-state index contributed by atoms with van der Waals surface area (Å²) in [4.78, 5) is 30.1. The van der Waals surface area contributed by atoms with Crippen molar-refractivity contribution in [2.75, 3.05) is 42.1 Å². The molecule has 0 saturated carbocycles. The highest BCUT2D eigenvalue weighted by atomic mass is 16.5. The second-order valence-corrected chi connectivity index (χ2v) is 12.4. The number of likely N-dealkylation sites (tertiary alicyclic amines) is 1. The average molecular weight is 662 g/mol. The summed E-state index contributed by atoms with van der Waals surface area (Å²) >= 11 is 0. The Bertz CT molecular complexity index is 1510. The SMILES string of the molecule is CC[C@H](C(=O)N1CCCC[C@H]1C(=O)O[C@H](CCc1ccc(OC)c(OC)c1)c1cccc(C(C)C)c1)c1cc(OC)c(OC)c(OC)c1. The van der Waals surface area contributed by atoms with Crippen LogP contribution in [0.25, 0.3) is 0 Å². The zero-order chi connectivity index (χ0) is 34.8. The first-order chi connectivity index (χ1) is 23.2. The molecule has 0 N–H and O–H groups in total. The van der Waals surface area contributed by atoms with Gasteiger partial charge in [0.05, 0.1) is 41.5 Å². The number of nitrogens with zero attached hydrogens (tertiary/aromatic N) is 1. The molecule has 0 spiro atoms. The number of hydrogen-bond donors (Lipinski definition) is 0. The first-order valence-electron chi connectivity index (χ1n) is 16.8. The van der Waals surface area contributed by atoms with Gasteiger partial charge in [0.15, 0.2) is 23.0 Å². The van der Waals surface area contributed by atoms with Gasteiger partial charge >= 0.3 is 5.97 Å². The Labute approximate surface area is 285 Å². The second-order valence-electron chi connectivity index (χ2n) is 12.4. The molecule has 1 aliphatic rings. The molecule has 1 aliphatic heterocycles. The minimum Gasteiger partial charge on any atom is -0.493 e. The summed E-state index contributed by atoms with van der Waals surface area (Å²) in [5.74, 6) is 2.06. The van der Waals surface area contributed by atoms with E-state index in [2.05, 4.69) is 26.0 Å². The van der Waals surface area contributed by atoms with E-state index < -0.39 is 18.1 Å². The number of rotatable bonds is 15. The third kappa shape index (κ3) is 8.35. The normalized spacial score (nSPS) is 15.8. The van der Waals surface area contributed by atoms with Gasteiger partial charge in [0.1, 0.15) is 12.1 Å². The molecule has 3 aromatic carbocycles. The van der Waals surface area contributed by atoms with Crippen molar-refractivity contribution in [3.05, 3.63) is 76.9 Å². The summed E-state index contributed by atoms with van der Waals surface area (Å²) in [7, 11) is 7.89. The van der Waals surface area contributed by atoms with E-state index >= 15 is 0 Å². The molecule has 3 atom stereocenters. The van der Waals surface area contributed by atoms with Crippen LogP contribution in [0.3, 0.4) is 0 Å². The first kappa shape index (κ1) is 36.4. The molecule has 48 heavy (non-hydrogen) atoms. The van der Waals surface area contributed by atoms with E-state index in [1.54, 1.807) is 40.4 Å². The molecule has 9 heteroatoms. The fourth-order valence-electron chi connectivity index (χ4n) is 6.46. The van der Waals surface area contributed by atoms with Crippen molar-refractivity contribution < 1.29 is 38.0 Å². The lowest BCUT2D eigenvalue weighted by atomic mass is 9.91. The van der Waals surface area contributed by atoms with Crippen molar-refractivity contribution >= 4 is 11.9 Å². The minimum atomic E-state index is -0.681. The molecule has 1 heterocycles. The zero-order valence-electron chi connectivity index (χ0n) is 29.7. The van der Waals surface area contributed by atoms with Crippen LogP contribution in [0.15, 0.2) is 54.6 Å². The Hall–Kier alpha value is -4.40. The van der Waals surface area contributed by atoms with Gasteiger partial charge in [-0.2, -0.15) is 0 Å². The highest BCUT2D eigenvalue weighted by Crippen LogP contribution is 2.41. The minimum absolute atomic E-state index is 0.114. The maximum absolute atomic E-state index is 14.3. The zero-order valence-corrected chi connectivity index (χ0v) is 29.7. The lowest BCUT2D eigenvalue weighted by Crippen LogP contribution is -2.50. The summed E-state index contributed by atoms with van der Waals surface area (Å²) in [6.07, 6.45) is 3.45. The molecule has 4 rings (SSSR count). The lowest BCUT2D eigenvalue weighted by Gasteiger charge is -2.37. The van der Waals surface area contributed by atoms with Gasteiger partial charge in [0.25, 0.3) is 0 Å². The van der Waals surface area contributed by atoms with E-state index in [1.165, 1.54) is 5.56 Å². The topological polar surface area (TPSA) is 92.8 Å². The molecular weight excluding hydrogens is 610 g/mol. The van der Waals surface area contributed by atoms with Crippen LogP contribution in [-0.4, -0.2) is 64.9 Å². The van der Waals surface area contributed by atoms with Crippen LogP contribution in [0.4, 0.5) is 0 Å². The third-order valence-corrected chi connectivity index (χ3v) is 9.20. The summed E-state index contributed by atoms with van der Waals surface area (Å²) in [5, 5.41) is 0. The Morgan fingerprint density at radius 2 is 1.44 bits per heavy atom. The van der Waals surface area contributed by atoms with Crippen molar-refractivity contribution in [2.45, 2.75) is 83.3 Å². The predicted molar refractivity (Wildman–Crippen MR) is 186 cm³/mol. The van der Waals surface area contributed by atoms with Gasteiger partial charge < -0.3 is 33.3 Å². The number of carbonyl (C=O) groups is 2. The standard InChI is InChI=1S/C39H51NO8/c1-9-30(29-23-35(45-6)37(47-8)36(24-29)46-7)38(41)40-20-11-10-15-31(40)39(42)48-32(28-14-12-13-27(22-28)25(2)3)18-16-26-17-19-33(43-4)34(21-26)44-5/h12-14,17,19,21-25,30-32H,9-11,15-16,18,20H2,1-8H3/t30-,31-,32+/m0/s1. The maximum Gasteiger partial charge on any atom is 0.329 e. The molecule has 260 valence electrons. The van der Waals surface area contributed by atoms with Gasteiger partial charge in [0.2, 0.25) is 11.7 Å². The Balaban J connectivity index is 1.61. The molecule has 1 saturated heterocycles. The number of amides is 1. The lowest BCUT2D eigenvalue weighted by molar-refractivity contribution is -0.162.